The minimum absolute atomic E-state index is 0.244. The first kappa shape index (κ1) is 8.75. The summed E-state index contributed by atoms with van der Waals surface area (Å²) in [6, 6.07) is -0.487. The summed E-state index contributed by atoms with van der Waals surface area (Å²) in [4.78, 5) is 10.3. The second kappa shape index (κ2) is 3.06. The van der Waals surface area contributed by atoms with Crippen molar-refractivity contribution in [3.8, 4) is 0 Å². The van der Waals surface area contributed by atoms with E-state index in [0.29, 0.717) is 5.33 Å². The number of nitrogens with one attached hydrogen (secondary N) is 1. The van der Waals surface area contributed by atoms with E-state index in [1.807, 2.05) is 13.8 Å². The fourth-order valence-electron chi connectivity index (χ4n) is 0.367. The third-order valence-corrected chi connectivity index (χ3v) is 2.20. The molecule has 0 fully saturated rings. The van der Waals surface area contributed by atoms with Crippen LogP contribution in [0.5, 0.6) is 0 Å². The molecule has 0 bridgehead atoms. The molecule has 0 aromatic rings. The Kier molecular flexibility index (Phi) is 2.97. The summed E-state index contributed by atoms with van der Waals surface area (Å²) >= 11 is 3.23. The van der Waals surface area contributed by atoms with Gasteiger partial charge in [0.25, 0.3) is 0 Å². The maximum atomic E-state index is 10.3. The predicted octanol–water partition coefficient (Wildman–Crippen LogP) is 0.828. The van der Waals surface area contributed by atoms with E-state index in [1.165, 1.54) is 0 Å². The molecular formula is C5H11BrN2O. The second-order valence-corrected chi connectivity index (χ2v) is 3.07. The maximum absolute atomic E-state index is 10.3. The van der Waals surface area contributed by atoms with E-state index < -0.39 is 6.03 Å². The number of hydrogen-bond acceptors (Lipinski definition) is 1. The highest BCUT2D eigenvalue weighted by atomic mass is 79.9. The molecule has 0 aromatic heterocycles. The molecule has 0 aliphatic carbocycles. The van der Waals surface area contributed by atoms with E-state index in [9.17, 15) is 4.79 Å². The summed E-state index contributed by atoms with van der Waals surface area (Å²) < 4.78 is 0. The first-order valence-electron chi connectivity index (χ1n) is 2.61. The number of urea groups is 1. The normalized spacial score (nSPS) is 11.0. The van der Waals surface area contributed by atoms with Gasteiger partial charge in [-0.25, -0.2) is 4.79 Å². The fraction of sp³-hybridized carbons (Fsp3) is 0.800. The van der Waals surface area contributed by atoms with Crippen LogP contribution < -0.4 is 11.1 Å². The molecule has 4 heteroatoms. The molecule has 0 aliphatic rings. The number of carbonyl (C=O) groups is 1. The number of primary amides is 1. The quantitative estimate of drug-likeness (QED) is 0.630. The van der Waals surface area contributed by atoms with Crippen LogP contribution in [-0.2, 0) is 0 Å². The van der Waals surface area contributed by atoms with Gasteiger partial charge in [0.2, 0.25) is 0 Å². The fourth-order valence-corrected chi connectivity index (χ4v) is 0.507. The zero-order valence-electron chi connectivity index (χ0n) is 5.57. The standard InChI is InChI=1S/C5H11BrN2O/c1-5(2,3-6)8-4(7)9/h3H2,1-2H3,(H3,7,8,9). The van der Waals surface area contributed by atoms with Gasteiger partial charge in [-0.2, -0.15) is 0 Å². The Balaban J connectivity index is 3.71. The molecule has 9 heavy (non-hydrogen) atoms. The SMILES string of the molecule is CC(C)(CBr)NC(N)=O. The highest BCUT2D eigenvalue weighted by molar-refractivity contribution is 9.09. The minimum Gasteiger partial charge on any atom is -0.352 e. The number of halogens is 1. The summed E-state index contributed by atoms with van der Waals surface area (Å²) in [6.45, 7) is 3.76. The van der Waals surface area contributed by atoms with E-state index in [-0.39, 0.29) is 5.54 Å². The first-order valence-corrected chi connectivity index (χ1v) is 3.74. The van der Waals surface area contributed by atoms with Crippen LogP contribution in [0.1, 0.15) is 13.8 Å². The molecule has 0 aromatic carbocycles. The minimum atomic E-state index is -0.487. The van der Waals surface area contributed by atoms with Gasteiger partial charge in [-0.15, -0.1) is 0 Å². The molecule has 0 radical (unpaired) electrons. The van der Waals surface area contributed by atoms with Crippen LogP contribution in [0.3, 0.4) is 0 Å². The highest BCUT2D eigenvalue weighted by Gasteiger charge is 2.16. The highest BCUT2D eigenvalue weighted by Crippen LogP contribution is 2.04. The average Bonchev–Trinajstić information content (AvgIpc) is 1.63. The van der Waals surface area contributed by atoms with E-state index in [1.54, 1.807) is 0 Å². The number of rotatable bonds is 2. The Morgan fingerprint density at radius 1 is 1.78 bits per heavy atom. The van der Waals surface area contributed by atoms with Crippen molar-refractivity contribution >= 4 is 22.0 Å². The van der Waals surface area contributed by atoms with E-state index >= 15 is 0 Å². The van der Waals surface area contributed by atoms with Gasteiger partial charge in [0.05, 0.1) is 0 Å². The van der Waals surface area contributed by atoms with Crippen molar-refractivity contribution in [1.29, 1.82) is 0 Å². The van der Waals surface area contributed by atoms with Gasteiger partial charge in [0.1, 0.15) is 0 Å². The second-order valence-electron chi connectivity index (χ2n) is 2.51. The van der Waals surface area contributed by atoms with E-state index in [4.69, 9.17) is 5.73 Å². The summed E-state index contributed by atoms with van der Waals surface area (Å²) in [5.74, 6) is 0. The lowest BCUT2D eigenvalue weighted by molar-refractivity contribution is 0.241. The molecule has 54 valence electrons. The van der Waals surface area contributed by atoms with Crippen LogP contribution in [0.15, 0.2) is 0 Å². The van der Waals surface area contributed by atoms with Crippen molar-refractivity contribution in [2.75, 3.05) is 5.33 Å². The third-order valence-electron chi connectivity index (χ3n) is 0.796. The van der Waals surface area contributed by atoms with Gasteiger partial charge in [0.15, 0.2) is 0 Å². The molecule has 0 saturated carbocycles. The number of hydrogen-bond donors (Lipinski definition) is 2. The zero-order valence-corrected chi connectivity index (χ0v) is 7.16. The summed E-state index contributed by atoms with van der Waals surface area (Å²) in [7, 11) is 0. The van der Waals surface area contributed by atoms with Crippen LogP contribution in [0.4, 0.5) is 4.79 Å². The first-order chi connectivity index (χ1) is 3.98. The van der Waals surface area contributed by atoms with Crippen molar-refractivity contribution in [2.45, 2.75) is 19.4 Å². The van der Waals surface area contributed by atoms with Gasteiger partial charge >= 0.3 is 6.03 Å². The Morgan fingerprint density at radius 2 is 2.22 bits per heavy atom. The molecule has 3 N–H and O–H groups in total. The van der Waals surface area contributed by atoms with Crippen molar-refractivity contribution in [3.05, 3.63) is 0 Å². The Bertz CT molecular complexity index is 114. The Morgan fingerprint density at radius 3 is 2.33 bits per heavy atom. The van der Waals surface area contributed by atoms with Crippen LogP contribution in [0, 0.1) is 0 Å². The molecule has 0 unspecified atom stereocenters. The Hall–Kier alpha value is -0.250. The lowest BCUT2D eigenvalue weighted by atomic mass is 10.1. The monoisotopic (exact) mass is 194 g/mol. The van der Waals surface area contributed by atoms with Crippen LogP contribution >= 0.6 is 15.9 Å². The van der Waals surface area contributed by atoms with Crippen molar-refractivity contribution in [1.82, 2.24) is 5.32 Å². The summed E-state index contributed by atoms with van der Waals surface area (Å²) in [6.07, 6.45) is 0. The number of amides is 2. The molecule has 3 nitrogen and oxygen atoms in total. The topological polar surface area (TPSA) is 55.1 Å². The predicted molar refractivity (Wildman–Crippen MR) is 40.6 cm³/mol. The zero-order chi connectivity index (χ0) is 7.49. The Labute approximate surface area is 63.1 Å². The summed E-state index contributed by atoms with van der Waals surface area (Å²) in [5, 5.41) is 3.26. The van der Waals surface area contributed by atoms with Gasteiger partial charge in [-0.05, 0) is 13.8 Å². The lowest BCUT2D eigenvalue weighted by Gasteiger charge is -2.21. The smallest absolute Gasteiger partial charge is 0.312 e. The van der Waals surface area contributed by atoms with Gasteiger partial charge in [-0.3, -0.25) is 0 Å². The molecular weight excluding hydrogens is 184 g/mol. The molecule has 0 aliphatic heterocycles. The lowest BCUT2D eigenvalue weighted by Crippen LogP contribution is -2.47. The third kappa shape index (κ3) is 4.27. The molecule has 0 atom stereocenters. The maximum Gasteiger partial charge on any atom is 0.312 e. The van der Waals surface area contributed by atoms with Crippen LogP contribution in [-0.4, -0.2) is 16.9 Å². The molecule has 0 spiro atoms. The number of nitrogens with two attached hydrogens (primary N) is 1. The summed E-state index contributed by atoms with van der Waals surface area (Å²) in [5.41, 5.74) is 4.64. The molecule has 0 rings (SSSR count). The van der Waals surface area contributed by atoms with Crippen LogP contribution in [0.2, 0.25) is 0 Å². The van der Waals surface area contributed by atoms with Crippen molar-refractivity contribution in [3.63, 3.8) is 0 Å². The van der Waals surface area contributed by atoms with Gasteiger partial charge in [-0.1, -0.05) is 15.9 Å². The molecule has 0 heterocycles. The number of alkyl halides is 1. The van der Waals surface area contributed by atoms with Crippen LogP contribution in [0.25, 0.3) is 0 Å². The van der Waals surface area contributed by atoms with Crippen molar-refractivity contribution in [2.24, 2.45) is 5.73 Å². The molecule has 2 amide bonds. The van der Waals surface area contributed by atoms with Gasteiger partial charge < -0.3 is 11.1 Å². The van der Waals surface area contributed by atoms with Gasteiger partial charge in [0, 0.05) is 10.9 Å². The van der Waals surface area contributed by atoms with E-state index in [2.05, 4.69) is 21.2 Å². The average molecular weight is 195 g/mol. The van der Waals surface area contributed by atoms with Crippen molar-refractivity contribution < 1.29 is 4.79 Å². The molecule has 0 saturated heterocycles. The van der Waals surface area contributed by atoms with E-state index in [0.717, 1.165) is 0 Å². The number of carbonyl (C=O) groups excluding carboxylic acids is 1. The largest absolute Gasteiger partial charge is 0.352 e.